The number of amides is 1. The maximum atomic E-state index is 13.6. The zero-order chi connectivity index (χ0) is 15.2. The van der Waals surface area contributed by atoms with Crippen LogP contribution in [0.25, 0.3) is 0 Å². The third-order valence-electron chi connectivity index (χ3n) is 3.19. The quantitative estimate of drug-likeness (QED) is 0.854. The van der Waals surface area contributed by atoms with Gasteiger partial charge < -0.3 is 10.6 Å². The second kappa shape index (κ2) is 7.33. The highest BCUT2D eigenvalue weighted by Gasteiger charge is 2.12. The summed E-state index contributed by atoms with van der Waals surface area (Å²) in [5.74, 6) is -0.673. The minimum Gasteiger partial charge on any atom is -0.333 e. The van der Waals surface area contributed by atoms with Gasteiger partial charge in [0.25, 0.3) is 5.91 Å². The SMILES string of the molecule is C[C@@H]([NH2+]CC(=O)Nc1ccc(Br)cc1F)c1ccccc1. The Morgan fingerprint density at radius 1 is 1.29 bits per heavy atom. The molecule has 0 saturated carbocycles. The molecule has 0 heterocycles. The van der Waals surface area contributed by atoms with Crippen molar-refractivity contribution in [3.63, 3.8) is 0 Å². The molecule has 0 aromatic heterocycles. The molecule has 5 heteroatoms. The van der Waals surface area contributed by atoms with Gasteiger partial charge in [-0.1, -0.05) is 46.3 Å². The summed E-state index contributed by atoms with van der Waals surface area (Å²) in [6, 6.07) is 14.7. The summed E-state index contributed by atoms with van der Waals surface area (Å²) in [5.41, 5.74) is 1.35. The molecule has 0 unspecified atom stereocenters. The molecule has 0 aliphatic rings. The van der Waals surface area contributed by atoms with E-state index in [1.807, 2.05) is 42.6 Å². The summed E-state index contributed by atoms with van der Waals surface area (Å²) in [5, 5.41) is 4.50. The van der Waals surface area contributed by atoms with Crippen molar-refractivity contribution in [3.05, 3.63) is 64.4 Å². The number of nitrogens with two attached hydrogens (primary N) is 1. The Balaban J connectivity index is 1.87. The molecule has 1 atom stereocenters. The molecular formula is C16H17BrFN2O+. The van der Waals surface area contributed by atoms with Crippen molar-refractivity contribution in [3.8, 4) is 0 Å². The van der Waals surface area contributed by atoms with Crippen molar-refractivity contribution in [1.82, 2.24) is 0 Å². The molecule has 21 heavy (non-hydrogen) atoms. The second-order valence-electron chi connectivity index (χ2n) is 4.81. The lowest BCUT2D eigenvalue weighted by atomic mass is 10.1. The minimum atomic E-state index is -0.450. The lowest BCUT2D eigenvalue weighted by Crippen LogP contribution is -2.86. The van der Waals surface area contributed by atoms with E-state index in [-0.39, 0.29) is 24.2 Å². The van der Waals surface area contributed by atoms with Crippen LogP contribution in [0, 0.1) is 5.82 Å². The van der Waals surface area contributed by atoms with Crippen LogP contribution < -0.4 is 10.6 Å². The molecule has 2 aromatic rings. The van der Waals surface area contributed by atoms with Gasteiger partial charge in [-0.3, -0.25) is 4.79 Å². The largest absolute Gasteiger partial charge is 0.333 e. The molecule has 0 radical (unpaired) electrons. The van der Waals surface area contributed by atoms with Crippen molar-refractivity contribution >= 4 is 27.5 Å². The summed E-state index contributed by atoms with van der Waals surface area (Å²) in [6.07, 6.45) is 0. The van der Waals surface area contributed by atoms with Crippen LogP contribution in [-0.2, 0) is 4.79 Å². The molecular weight excluding hydrogens is 335 g/mol. The highest BCUT2D eigenvalue weighted by atomic mass is 79.9. The molecule has 110 valence electrons. The Labute approximate surface area is 131 Å². The Kier molecular flexibility index (Phi) is 5.47. The van der Waals surface area contributed by atoms with Crippen LogP contribution >= 0.6 is 15.9 Å². The molecule has 1 amide bonds. The number of hydrogen-bond donors (Lipinski definition) is 2. The number of rotatable bonds is 5. The number of carbonyl (C=O) groups is 1. The van der Waals surface area contributed by atoms with Crippen LogP contribution in [0.5, 0.6) is 0 Å². The Morgan fingerprint density at radius 3 is 2.67 bits per heavy atom. The van der Waals surface area contributed by atoms with Crippen LogP contribution in [0.2, 0.25) is 0 Å². The molecule has 0 fully saturated rings. The van der Waals surface area contributed by atoms with Crippen molar-refractivity contribution in [2.24, 2.45) is 0 Å². The van der Waals surface area contributed by atoms with Gasteiger partial charge in [0.15, 0.2) is 6.54 Å². The number of hydrogen-bond acceptors (Lipinski definition) is 1. The fraction of sp³-hybridized carbons (Fsp3) is 0.188. The number of anilines is 1. The Bertz CT molecular complexity index is 619. The maximum absolute atomic E-state index is 13.6. The van der Waals surface area contributed by atoms with E-state index in [9.17, 15) is 9.18 Å². The molecule has 3 nitrogen and oxygen atoms in total. The number of benzene rings is 2. The Morgan fingerprint density at radius 2 is 2.00 bits per heavy atom. The van der Waals surface area contributed by atoms with E-state index in [0.29, 0.717) is 4.47 Å². The average molecular weight is 352 g/mol. The number of carbonyl (C=O) groups excluding carboxylic acids is 1. The van der Waals surface area contributed by atoms with E-state index < -0.39 is 5.82 Å². The third-order valence-corrected chi connectivity index (χ3v) is 3.68. The highest BCUT2D eigenvalue weighted by molar-refractivity contribution is 9.10. The minimum absolute atomic E-state index is 0.173. The molecule has 3 N–H and O–H groups in total. The van der Waals surface area contributed by atoms with Gasteiger partial charge in [-0.05, 0) is 25.1 Å². The first-order chi connectivity index (χ1) is 10.1. The maximum Gasteiger partial charge on any atom is 0.279 e. The van der Waals surface area contributed by atoms with Gasteiger partial charge in [0.05, 0.1) is 5.69 Å². The van der Waals surface area contributed by atoms with Crippen molar-refractivity contribution in [1.29, 1.82) is 0 Å². The molecule has 0 saturated heterocycles. The van der Waals surface area contributed by atoms with E-state index in [2.05, 4.69) is 21.2 Å². The summed E-state index contributed by atoms with van der Waals surface area (Å²) in [4.78, 5) is 11.9. The summed E-state index contributed by atoms with van der Waals surface area (Å²) in [6.45, 7) is 2.27. The van der Waals surface area contributed by atoms with Gasteiger partial charge >= 0.3 is 0 Å². The summed E-state index contributed by atoms with van der Waals surface area (Å²) in [7, 11) is 0. The third kappa shape index (κ3) is 4.65. The topological polar surface area (TPSA) is 45.7 Å². The van der Waals surface area contributed by atoms with Crippen LogP contribution in [-0.4, -0.2) is 12.5 Å². The zero-order valence-electron chi connectivity index (χ0n) is 11.6. The fourth-order valence-corrected chi connectivity index (χ4v) is 2.30. The Hall–Kier alpha value is -1.72. The van der Waals surface area contributed by atoms with Crippen LogP contribution in [0.3, 0.4) is 0 Å². The molecule has 0 bridgehead atoms. The standard InChI is InChI=1S/C16H16BrFN2O/c1-11(12-5-3-2-4-6-12)19-10-16(21)20-15-8-7-13(17)9-14(15)18/h2-9,11,19H,10H2,1H3,(H,20,21)/p+1/t11-/m1/s1. The monoisotopic (exact) mass is 351 g/mol. The summed E-state index contributed by atoms with van der Waals surface area (Å²) >= 11 is 3.18. The smallest absolute Gasteiger partial charge is 0.279 e. The van der Waals surface area contributed by atoms with E-state index in [4.69, 9.17) is 0 Å². The molecule has 2 rings (SSSR count). The van der Waals surface area contributed by atoms with Gasteiger partial charge in [0.2, 0.25) is 0 Å². The van der Waals surface area contributed by atoms with Crippen LogP contribution in [0.1, 0.15) is 18.5 Å². The van der Waals surface area contributed by atoms with E-state index in [1.165, 1.54) is 12.1 Å². The van der Waals surface area contributed by atoms with Crippen molar-refractivity contribution in [2.75, 3.05) is 11.9 Å². The van der Waals surface area contributed by atoms with E-state index >= 15 is 0 Å². The molecule has 0 spiro atoms. The van der Waals surface area contributed by atoms with Gasteiger partial charge in [0, 0.05) is 10.0 Å². The number of nitrogens with one attached hydrogen (secondary N) is 1. The highest BCUT2D eigenvalue weighted by Crippen LogP contribution is 2.19. The number of quaternary nitrogens is 1. The van der Waals surface area contributed by atoms with E-state index in [0.717, 1.165) is 5.56 Å². The van der Waals surface area contributed by atoms with Crippen LogP contribution in [0.15, 0.2) is 53.0 Å². The van der Waals surface area contributed by atoms with Gasteiger partial charge in [0.1, 0.15) is 11.9 Å². The first kappa shape index (κ1) is 15.7. The van der Waals surface area contributed by atoms with E-state index in [1.54, 1.807) is 6.07 Å². The van der Waals surface area contributed by atoms with Gasteiger partial charge in [-0.25, -0.2) is 4.39 Å². The number of halogens is 2. The van der Waals surface area contributed by atoms with Gasteiger partial charge in [-0.15, -0.1) is 0 Å². The van der Waals surface area contributed by atoms with Crippen molar-refractivity contribution in [2.45, 2.75) is 13.0 Å². The summed E-state index contributed by atoms with van der Waals surface area (Å²) < 4.78 is 14.3. The van der Waals surface area contributed by atoms with Crippen molar-refractivity contribution < 1.29 is 14.5 Å². The normalized spacial score (nSPS) is 12.0. The van der Waals surface area contributed by atoms with Crippen LogP contribution in [0.4, 0.5) is 10.1 Å². The lowest BCUT2D eigenvalue weighted by Gasteiger charge is -2.11. The molecule has 0 aliphatic heterocycles. The molecule has 2 aromatic carbocycles. The van der Waals surface area contributed by atoms with Gasteiger partial charge in [-0.2, -0.15) is 0 Å². The lowest BCUT2D eigenvalue weighted by molar-refractivity contribution is -0.682. The molecule has 0 aliphatic carbocycles. The second-order valence-corrected chi connectivity index (χ2v) is 5.73. The first-order valence-electron chi connectivity index (χ1n) is 6.69. The fourth-order valence-electron chi connectivity index (χ4n) is 1.97. The average Bonchev–Trinajstić information content (AvgIpc) is 2.48. The predicted octanol–water partition coefficient (Wildman–Crippen LogP) is 2.85. The zero-order valence-corrected chi connectivity index (χ0v) is 13.2. The predicted molar refractivity (Wildman–Crippen MR) is 84.4 cm³/mol. The first-order valence-corrected chi connectivity index (χ1v) is 7.48.